The molecule has 1 aliphatic heterocycles. The van der Waals surface area contributed by atoms with Crippen LogP contribution in [-0.4, -0.2) is 58.4 Å². The molecule has 0 aliphatic carbocycles. The molecular weight excluding hydrogens is 438 g/mol. The van der Waals surface area contributed by atoms with Crippen molar-refractivity contribution in [2.45, 2.75) is 25.8 Å². The normalized spacial score (nSPS) is 13.8. The number of aryl methyl sites for hydroxylation is 1. The van der Waals surface area contributed by atoms with E-state index in [9.17, 15) is 4.79 Å². The molecule has 3 heterocycles. The highest BCUT2D eigenvalue weighted by Gasteiger charge is 2.21. The molecule has 2 aromatic carbocycles. The first-order valence-corrected chi connectivity index (χ1v) is 12.3. The van der Waals surface area contributed by atoms with E-state index < -0.39 is 0 Å². The van der Waals surface area contributed by atoms with E-state index in [0.717, 1.165) is 55.9 Å². The summed E-state index contributed by atoms with van der Waals surface area (Å²) in [6.45, 7) is 4.78. The maximum Gasteiger partial charge on any atom is 0.220 e. The summed E-state index contributed by atoms with van der Waals surface area (Å²) in [5, 5.41) is 8.50. The minimum atomic E-state index is 0.0731. The maximum atomic E-state index is 12.2. The highest BCUT2D eigenvalue weighted by Crippen LogP contribution is 2.25. The van der Waals surface area contributed by atoms with E-state index in [0.29, 0.717) is 19.5 Å². The van der Waals surface area contributed by atoms with Gasteiger partial charge in [0.15, 0.2) is 5.65 Å². The number of nitrogens with zero attached hydrogens (tertiary/aromatic N) is 6. The van der Waals surface area contributed by atoms with Gasteiger partial charge in [-0.25, -0.2) is 14.6 Å². The van der Waals surface area contributed by atoms with Crippen LogP contribution in [0.5, 0.6) is 0 Å². The van der Waals surface area contributed by atoms with Crippen molar-refractivity contribution in [2.24, 2.45) is 0 Å². The minimum absolute atomic E-state index is 0.0731. The summed E-state index contributed by atoms with van der Waals surface area (Å²) in [6.07, 6.45) is 5.74. The van der Waals surface area contributed by atoms with Crippen LogP contribution in [0.3, 0.4) is 0 Å². The molecule has 1 aliphatic rings. The largest absolute Gasteiger partial charge is 0.368 e. The number of rotatable bonds is 9. The molecule has 4 aromatic rings. The van der Waals surface area contributed by atoms with Gasteiger partial charge >= 0.3 is 0 Å². The molecule has 1 fully saturated rings. The van der Waals surface area contributed by atoms with Crippen LogP contribution in [0, 0.1) is 0 Å². The number of anilines is 2. The molecule has 0 unspecified atom stereocenters. The van der Waals surface area contributed by atoms with Gasteiger partial charge in [-0.3, -0.25) is 4.79 Å². The highest BCUT2D eigenvalue weighted by atomic mass is 16.1. The van der Waals surface area contributed by atoms with Gasteiger partial charge in [0.05, 0.1) is 18.1 Å². The summed E-state index contributed by atoms with van der Waals surface area (Å²) in [7, 11) is 0. The van der Waals surface area contributed by atoms with Crippen LogP contribution in [0.15, 0.2) is 73.2 Å². The Bertz CT molecular complexity index is 1230. The Morgan fingerprint density at radius 2 is 1.60 bits per heavy atom. The number of para-hydroxylation sites is 1. The molecular formula is C27H31N7O. The standard InChI is InChI=1S/C27H31N7O/c35-25(13-7-10-22-8-3-1-4-9-22)28-14-15-34-27-24(20-31-34)26(29-21-30-27)33-18-16-32(17-19-33)23-11-5-2-6-12-23/h1-6,8-9,11-12,20-21H,7,10,13-19H2,(H,28,35). The molecule has 0 saturated carbocycles. The molecule has 0 bridgehead atoms. The average molecular weight is 470 g/mol. The molecule has 2 aromatic heterocycles. The summed E-state index contributed by atoms with van der Waals surface area (Å²) in [6, 6.07) is 20.8. The number of amides is 1. The van der Waals surface area contributed by atoms with Crippen LogP contribution >= 0.6 is 0 Å². The zero-order chi connectivity index (χ0) is 23.9. The first kappa shape index (κ1) is 22.8. The van der Waals surface area contributed by atoms with Gasteiger partial charge in [0.1, 0.15) is 12.1 Å². The monoisotopic (exact) mass is 469 g/mol. The van der Waals surface area contributed by atoms with E-state index in [1.54, 1.807) is 6.33 Å². The summed E-state index contributed by atoms with van der Waals surface area (Å²) in [5.41, 5.74) is 3.33. The number of piperazine rings is 1. The first-order chi connectivity index (χ1) is 17.3. The lowest BCUT2D eigenvalue weighted by atomic mass is 10.1. The third-order valence-corrected chi connectivity index (χ3v) is 6.47. The van der Waals surface area contributed by atoms with Gasteiger partial charge < -0.3 is 15.1 Å². The van der Waals surface area contributed by atoms with Crippen molar-refractivity contribution in [2.75, 3.05) is 42.5 Å². The van der Waals surface area contributed by atoms with Crippen LogP contribution in [-0.2, 0) is 17.8 Å². The van der Waals surface area contributed by atoms with Crippen molar-refractivity contribution in [1.82, 2.24) is 25.1 Å². The van der Waals surface area contributed by atoms with Gasteiger partial charge in [-0.15, -0.1) is 0 Å². The number of carbonyl (C=O) groups is 1. The fourth-order valence-corrected chi connectivity index (χ4v) is 4.60. The second-order valence-corrected chi connectivity index (χ2v) is 8.80. The van der Waals surface area contributed by atoms with E-state index in [1.807, 2.05) is 35.1 Å². The number of fused-ring (bicyclic) bond motifs is 1. The molecule has 1 amide bonds. The summed E-state index contributed by atoms with van der Waals surface area (Å²) < 4.78 is 1.85. The number of hydrogen-bond donors (Lipinski definition) is 1. The Labute approximate surface area is 205 Å². The van der Waals surface area contributed by atoms with E-state index in [-0.39, 0.29) is 5.91 Å². The average Bonchev–Trinajstić information content (AvgIpc) is 3.33. The molecule has 0 radical (unpaired) electrons. The molecule has 1 N–H and O–H groups in total. The predicted octanol–water partition coefficient (Wildman–Crippen LogP) is 3.29. The van der Waals surface area contributed by atoms with Crippen molar-refractivity contribution in [1.29, 1.82) is 0 Å². The summed E-state index contributed by atoms with van der Waals surface area (Å²) in [5.74, 6) is 1.00. The lowest BCUT2D eigenvalue weighted by Crippen LogP contribution is -2.46. The highest BCUT2D eigenvalue weighted by molar-refractivity contribution is 5.86. The maximum absolute atomic E-state index is 12.2. The number of benzene rings is 2. The van der Waals surface area contributed by atoms with Gasteiger partial charge in [-0.05, 0) is 30.5 Å². The third kappa shape index (κ3) is 5.59. The molecule has 8 heteroatoms. The molecule has 5 rings (SSSR count). The third-order valence-electron chi connectivity index (χ3n) is 6.47. The number of hydrogen-bond acceptors (Lipinski definition) is 6. The van der Waals surface area contributed by atoms with Crippen LogP contribution < -0.4 is 15.1 Å². The van der Waals surface area contributed by atoms with E-state index >= 15 is 0 Å². The van der Waals surface area contributed by atoms with Crippen molar-refractivity contribution in [3.05, 3.63) is 78.8 Å². The number of carbonyl (C=O) groups excluding carboxylic acids is 1. The molecule has 8 nitrogen and oxygen atoms in total. The molecule has 0 atom stereocenters. The zero-order valence-corrected chi connectivity index (χ0v) is 19.9. The second kappa shape index (κ2) is 11.0. The minimum Gasteiger partial charge on any atom is -0.368 e. The molecule has 180 valence electrons. The molecule has 35 heavy (non-hydrogen) atoms. The summed E-state index contributed by atoms with van der Waals surface area (Å²) >= 11 is 0. The Morgan fingerprint density at radius 1 is 0.886 bits per heavy atom. The lowest BCUT2D eigenvalue weighted by Gasteiger charge is -2.36. The lowest BCUT2D eigenvalue weighted by molar-refractivity contribution is -0.121. The van der Waals surface area contributed by atoms with Crippen LogP contribution in [0.4, 0.5) is 11.5 Å². The second-order valence-electron chi connectivity index (χ2n) is 8.80. The Hall–Kier alpha value is -3.94. The summed E-state index contributed by atoms with van der Waals surface area (Å²) in [4.78, 5) is 26.0. The first-order valence-electron chi connectivity index (χ1n) is 12.3. The van der Waals surface area contributed by atoms with Gasteiger partial charge in [0, 0.05) is 44.8 Å². The SMILES string of the molecule is O=C(CCCc1ccccc1)NCCn1ncc2c(N3CCN(c4ccccc4)CC3)ncnc21. The van der Waals surface area contributed by atoms with Crippen molar-refractivity contribution in [3.8, 4) is 0 Å². The Balaban J connectivity index is 1.13. The smallest absolute Gasteiger partial charge is 0.220 e. The van der Waals surface area contributed by atoms with Crippen molar-refractivity contribution in [3.63, 3.8) is 0 Å². The predicted molar refractivity (Wildman–Crippen MR) is 139 cm³/mol. The van der Waals surface area contributed by atoms with E-state index in [4.69, 9.17) is 0 Å². The van der Waals surface area contributed by atoms with Gasteiger partial charge in [-0.1, -0.05) is 48.5 Å². The Morgan fingerprint density at radius 3 is 2.37 bits per heavy atom. The number of nitrogens with one attached hydrogen (secondary N) is 1. The van der Waals surface area contributed by atoms with Crippen LogP contribution in [0.1, 0.15) is 18.4 Å². The Kier molecular flexibility index (Phi) is 7.17. The molecule has 0 spiro atoms. The molecule has 1 saturated heterocycles. The van der Waals surface area contributed by atoms with Gasteiger partial charge in [-0.2, -0.15) is 5.10 Å². The van der Waals surface area contributed by atoms with Crippen molar-refractivity contribution >= 4 is 28.4 Å². The van der Waals surface area contributed by atoms with Gasteiger partial charge in [0.2, 0.25) is 5.91 Å². The van der Waals surface area contributed by atoms with E-state index in [1.165, 1.54) is 11.3 Å². The van der Waals surface area contributed by atoms with Gasteiger partial charge in [0.25, 0.3) is 0 Å². The fraction of sp³-hybridized carbons (Fsp3) is 0.333. The topological polar surface area (TPSA) is 79.2 Å². The van der Waals surface area contributed by atoms with E-state index in [2.05, 4.69) is 66.6 Å². The van der Waals surface area contributed by atoms with Crippen LogP contribution in [0.2, 0.25) is 0 Å². The zero-order valence-electron chi connectivity index (χ0n) is 19.9. The number of aromatic nitrogens is 4. The fourth-order valence-electron chi connectivity index (χ4n) is 4.60. The van der Waals surface area contributed by atoms with Crippen molar-refractivity contribution < 1.29 is 4.79 Å². The quantitative estimate of drug-likeness (QED) is 0.405. The van der Waals surface area contributed by atoms with Crippen LogP contribution in [0.25, 0.3) is 11.0 Å².